The molecule has 1 heterocycles. The third-order valence-corrected chi connectivity index (χ3v) is 3.96. The zero-order valence-corrected chi connectivity index (χ0v) is 12.2. The molecular formula is C13H19N3O3S. The number of nitrogens with one attached hydrogen (secondary N) is 2. The van der Waals surface area contributed by atoms with Gasteiger partial charge < -0.3 is 10.4 Å². The number of aliphatic carboxylic acids is 1. The largest absolute Gasteiger partial charge is 0.480 e. The smallest absolute Gasteiger partial charge is 0.326 e. The molecule has 2 rings (SSSR count). The van der Waals surface area contributed by atoms with Crippen molar-refractivity contribution in [1.29, 1.82) is 0 Å². The zero-order valence-electron chi connectivity index (χ0n) is 11.4. The van der Waals surface area contributed by atoms with Crippen LogP contribution in [0.3, 0.4) is 0 Å². The van der Waals surface area contributed by atoms with Crippen LogP contribution in [0.5, 0.6) is 0 Å². The van der Waals surface area contributed by atoms with Crippen molar-refractivity contribution < 1.29 is 14.7 Å². The maximum Gasteiger partial charge on any atom is 0.326 e. The van der Waals surface area contributed by atoms with Crippen LogP contribution in [-0.2, 0) is 4.79 Å². The minimum absolute atomic E-state index is 0.435. The molecule has 110 valence electrons. The maximum absolute atomic E-state index is 11.8. The van der Waals surface area contributed by atoms with Crippen molar-refractivity contribution in [1.82, 2.24) is 10.3 Å². The van der Waals surface area contributed by atoms with Crippen molar-refractivity contribution in [2.75, 3.05) is 5.32 Å². The number of carbonyl (C=O) groups excluding carboxylic acids is 1. The summed E-state index contributed by atoms with van der Waals surface area (Å²) in [5.74, 6) is -0.465. The standard InChI is InChI=1S/C13H19N3O3S/c1-2-3-4-9(11(17)18)14-12(19)16-13-15-10(7-20-13)8-5-6-8/h7-9H,2-6H2,1H3,(H,17,18)(H2,14,15,16,19)/t9-/m0/s1. The Labute approximate surface area is 121 Å². The molecule has 1 saturated carbocycles. The maximum atomic E-state index is 11.8. The average Bonchev–Trinajstić information content (AvgIpc) is 3.15. The molecule has 2 amide bonds. The van der Waals surface area contributed by atoms with E-state index >= 15 is 0 Å². The lowest BCUT2D eigenvalue weighted by Gasteiger charge is -2.13. The van der Waals surface area contributed by atoms with Crippen molar-refractivity contribution in [3.63, 3.8) is 0 Å². The van der Waals surface area contributed by atoms with Gasteiger partial charge in [-0.05, 0) is 19.3 Å². The van der Waals surface area contributed by atoms with Crippen LogP contribution in [0.1, 0.15) is 50.6 Å². The van der Waals surface area contributed by atoms with E-state index in [0.717, 1.165) is 31.4 Å². The third-order valence-electron chi connectivity index (χ3n) is 3.19. The molecule has 0 radical (unpaired) electrons. The number of rotatable bonds is 7. The Hall–Kier alpha value is -1.63. The Bertz CT molecular complexity index is 485. The van der Waals surface area contributed by atoms with Gasteiger partial charge in [-0.3, -0.25) is 5.32 Å². The highest BCUT2D eigenvalue weighted by Gasteiger charge is 2.26. The summed E-state index contributed by atoms with van der Waals surface area (Å²) in [6, 6.07) is -1.36. The molecule has 1 aliphatic carbocycles. The van der Waals surface area contributed by atoms with Gasteiger partial charge in [0.1, 0.15) is 6.04 Å². The molecule has 1 aromatic rings. The van der Waals surface area contributed by atoms with Crippen molar-refractivity contribution in [3.8, 4) is 0 Å². The molecule has 3 N–H and O–H groups in total. The first-order valence-electron chi connectivity index (χ1n) is 6.86. The molecule has 6 nitrogen and oxygen atoms in total. The molecule has 7 heteroatoms. The first-order valence-corrected chi connectivity index (χ1v) is 7.74. The number of carboxylic acid groups (broad SMARTS) is 1. The fraction of sp³-hybridized carbons (Fsp3) is 0.615. The molecule has 0 aromatic carbocycles. The number of urea groups is 1. The van der Waals surface area contributed by atoms with E-state index in [1.165, 1.54) is 11.3 Å². The van der Waals surface area contributed by atoms with Gasteiger partial charge in [0, 0.05) is 11.3 Å². The minimum Gasteiger partial charge on any atom is -0.480 e. The van der Waals surface area contributed by atoms with Crippen molar-refractivity contribution >= 4 is 28.5 Å². The monoisotopic (exact) mass is 297 g/mol. The topological polar surface area (TPSA) is 91.3 Å². The number of hydrogen-bond acceptors (Lipinski definition) is 4. The van der Waals surface area contributed by atoms with Crippen LogP contribution in [0.15, 0.2) is 5.38 Å². The van der Waals surface area contributed by atoms with Gasteiger partial charge >= 0.3 is 12.0 Å². The SMILES string of the molecule is CCCC[C@H](NC(=O)Nc1nc(C2CC2)cs1)C(=O)O. The number of nitrogens with zero attached hydrogens (tertiary/aromatic N) is 1. The summed E-state index contributed by atoms with van der Waals surface area (Å²) in [6.07, 6.45) is 4.41. The predicted molar refractivity (Wildman–Crippen MR) is 77.2 cm³/mol. The van der Waals surface area contributed by atoms with Gasteiger partial charge in [-0.25, -0.2) is 14.6 Å². The quantitative estimate of drug-likeness (QED) is 0.721. The predicted octanol–water partition coefficient (Wildman–Crippen LogP) is 2.79. The van der Waals surface area contributed by atoms with Crippen LogP contribution in [0.2, 0.25) is 0 Å². The van der Waals surface area contributed by atoms with Crippen LogP contribution in [0.4, 0.5) is 9.93 Å². The number of carboxylic acids is 1. The summed E-state index contributed by atoms with van der Waals surface area (Å²) in [5.41, 5.74) is 1.02. The van der Waals surface area contributed by atoms with Crippen LogP contribution in [0, 0.1) is 0 Å². The van der Waals surface area contributed by atoms with E-state index in [-0.39, 0.29) is 0 Å². The van der Waals surface area contributed by atoms with E-state index in [1.54, 1.807) is 0 Å². The van der Waals surface area contributed by atoms with Crippen LogP contribution >= 0.6 is 11.3 Å². The second-order valence-corrected chi connectivity index (χ2v) is 5.84. The Morgan fingerprint density at radius 1 is 1.55 bits per heavy atom. The van der Waals surface area contributed by atoms with Gasteiger partial charge in [0.15, 0.2) is 5.13 Å². The highest BCUT2D eigenvalue weighted by atomic mass is 32.1. The Morgan fingerprint density at radius 2 is 2.30 bits per heavy atom. The lowest BCUT2D eigenvalue weighted by molar-refractivity contribution is -0.139. The first-order chi connectivity index (χ1) is 9.60. The van der Waals surface area contributed by atoms with Crippen LogP contribution < -0.4 is 10.6 Å². The van der Waals surface area contributed by atoms with E-state index in [4.69, 9.17) is 5.11 Å². The highest BCUT2D eigenvalue weighted by molar-refractivity contribution is 7.13. The summed E-state index contributed by atoms with van der Waals surface area (Å²) in [4.78, 5) is 27.1. The van der Waals surface area contributed by atoms with Crippen molar-refractivity contribution in [3.05, 3.63) is 11.1 Å². The molecule has 1 fully saturated rings. The minimum atomic E-state index is -1.01. The van der Waals surface area contributed by atoms with Gasteiger partial charge in [0.25, 0.3) is 0 Å². The Morgan fingerprint density at radius 3 is 2.90 bits per heavy atom. The van der Waals surface area contributed by atoms with Gasteiger partial charge in [0.05, 0.1) is 5.69 Å². The molecule has 1 aliphatic rings. The molecule has 1 aromatic heterocycles. The highest BCUT2D eigenvalue weighted by Crippen LogP contribution is 2.40. The van der Waals surface area contributed by atoms with Gasteiger partial charge in [0.2, 0.25) is 0 Å². The number of anilines is 1. The van der Waals surface area contributed by atoms with E-state index in [2.05, 4.69) is 15.6 Å². The Kier molecular flexibility index (Phi) is 4.94. The van der Waals surface area contributed by atoms with Crippen molar-refractivity contribution in [2.24, 2.45) is 0 Å². The fourth-order valence-corrected chi connectivity index (χ4v) is 2.65. The lowest BCUT2D eigenvalue weighted by atomic mass is 10.1. The molecule has 1 atom stereocenters. The lowest BCUT2D eigenvalue weighted by Crippen LogP contribution is -2.42. The number of unbranched alkanes of at least 4 members (excludes halogenated alkanes) is 1. The number of thiazole rings is 1. The third kappa shape index (κ3) is 4.19. The van der Waals surface area contributed by atoms with E-state index in [1.807, 2.05) is 12.3 Å². The summed E-state index contributed by atoms with van der Waals surface area (Å²) >= 11 is 1.37. The fourth-order valence-electron chi connectivity index (χ4n) is 1.87. The zero-order chi connectivity index (χ0) is 14.5. The van der Waals surface area contributed by atoms with Gasteiger partial charge in [-0.15, -0.1) is 11.3 Å². The second-order valence-electron chi connectivity index (χ2n) is 4.98. The molecular weight excluding hydrogens is 278 g/mol. The first kappa shape index (κ1) is 14.8. The normalized spacial score (nSPS) is 15.7. The summed E-state index contributed by atoms with van der Waals surface area (Å²) in [5, 5.41) is 16.6. The van der Waals surface area contributed by atoms with Crippen LogP contribution in [-0.4, -0.2) is 28.1 Å². The number of aromatic nitrogens is 1. The number of carbonyl (C=O) groups is 2. The molecule has 0 saturated heterocycles. The Balaban J connectivity index is 1.84. The second kappa shape index (κ2) is 6.69. The molecule has 0 bridgehead atoms. The van der Waals surface area contributed by atoms with E-state index in [9.17, 15) is 9.59 Å². The van der Waals surface area contributed by atoms with Gasteiger partial charge in [-0.1, -0.05) is 19.8 Å². The summed E-state index contributed by atoms with van der Waals surface area (Å²) in [7, 11) is 0. The number of hydrogen-bond donors (Lipinski definition) is 3. The molecule has 0 aliphatic heterocycles. The van der Waals surface area contributed by atoms with Crippen LogP contribution in [0.25, 0.3) is 0 Å². The van der Waals surface area contributed by atoms with Gasteiger partial charge in [-0.2, -0.15) is 0 Å². The number of amides is 2. The molecule has 20 heavy (non-hydrogen) atoms. The molecule has 0 unspecified atom stereocenters. The van der Waals surface area contributed by atoms with E-state index in [0.29, 0.717) is 17.5 Å². The van der Waals surface area contributed by atoms with Crippen molar-refractivity contribution in [2.45, 2.75) is 51.0 Å². The summed E-state index contributed by atoms with van der Waals surface area (Å²) in [6.45, 7) is 1.98. The molecule has 0 spiro atoms. The van der Waals surface area contributed by atoms with E-state index < -0.39 is 18.0 Å². The average molecular weight is 297 g/mol. The summed E-state index contributed by atoms with van der Waals surface area (Å²) < 4.78 is 0.